The van der Waals surface area contributed by atoms with Crippen LogP contribution in [-0.2, 0) is 11.3 Å². The highest BCUT2D eigenvalue weighted by atomic mass is 16.5. The van der Waals surface area contributed by atoms with Crippen molar-refractivity contribution in [3.8, 4) is 0 Å². The summed E-state index contributed by atoms with van der Waals surface area (Å²) in [5.74, 6) is -0.493. The Morgan fingerprint density at radius 3 is 3.00 bits per heavy atom. The highest BCUT2D eigenvalue weighted by Crippen LogP contribution is 1.95. The molecule has 0 aliphatic carbocycles. The predicted octanol–water partition coefficient (Wildman–Crippen LogP) is -1.01. The number of aliphatic hydroxyl groups excluding tert-OH is 1. The molecular weight excluding hydrogens is 186 g/mol. The maximum absolute atomic E-state index is 10.7. The molecule has 0 radical (unpaired) electrons. The standard InChI is InChI=1S/C8H13N3O3/c9-8(13)7-5-10-11(6-7)1-3-14-4-2-12/h5-6,12H,1-4H2,(H2,9,13). The third kappa shape index (κ3) is 3.15. The van der Waals surface area contributed by atoms with Crippen molar-refractivity contribution in [1.29, 1.82) is 0 Å². The highest BCUT2D eigenvalue weighted by molar-refractivity contribution is 5.92. The molecule has 0 atom stereocenters. The van der Waals surface area contributed by atoms with Crippen molar-refractivity contribution in [3.05, 3.63) is 18.0 Å². The minimum absolute atomic E-state index is 0.00560. The van der Waals surface area contributed by atoms with Gasteiger partial charge >= 0.3 is 0 Å². The summed E-state index contributed by atoms with van der Waals surface area (Å²) in [6.45, 7) is 1.29. The van der Waals surface area contributed by atoms with Gasteiger partial charge in [0.05, 0.1) is 38.1 Å². The number of ether oxygens (including phenoxy) is 1. The molecule has 0 unspecified atom stereocenters. The number of aromatic nitrogens is 2. The van der Waals surface area contributed by atoms with Gasteiger partial charge in [-0.3, -0.25) is 9.48 Å². The summed E-state index contributed by atoms with van der Waals surface area (Å²) in [7, 11) is 0. The zero-order valence-electron chi connectivity index (χ0n) is 7.72. The quantitative estimate of drug-likeness (QED) is 0.574. The molecule has 1 aromatic heterocycles. The largest absolute Gasteiger partial charge is 0.394 e. The first kappa shape index (κ1) is 10.7. The number of hydrogen-bond acceptors (Lipinski definition) is 4. The fraction of sp³-hybridized carbons (Fsp3) is 0.500. The van der Waals surface area contributed by atoms with Gasteiger partial charge in [0.1, 0.15) is 0 Å². The van der Waals surface area contributed by atoms with Crippen LogP contribution in [0.15, 0.2) is 12.4 Å². The van der Waals surface area contributed by atoms with E-state index in [9.17, 15) is 4.79 Å². The number of nitrogens with zero attached hydrogens (tertiary/aromatic N) is 2. The zero-order chi connectivity index (χ0) is 10.4. The summed E-state index contributed by atoms with van der Waals surface area (Å²) in [4.78, 5) is 10.7. The van der Waals surface area contributed by atoms with E-state index >= 15 is 0 Å². The van der Waals surface area contributed by atoms with Crippen LogP contribution in [0.4, 0.5) is 0 Å². The van der Waals surface area contributed by atoms with Gasteiger partial charge in [0.25, 0.3) is 5.91 Å². The summed E-state index contributed by atoms with van der Waals surface area (Å²) >= 11 is 0. The SMILES string of the molecule is NC(=O)c1cnn(CCOCCO)c1. The van der Waals surface area contributed by atoms with Crippen molar-refractivity contribution in [3.63, 3.8) is 0 Å². The van der Waals surface area contributed by atoms with Gasteiger partial charge in [-0.05, 0) is 0 Å². The maximum Gasteiger partial charge on any atom is 0.251 e. The zero-order valence-corrected chi connectivity index (χ0v) is 7.72. The van der Waals surface area contributed by atoms with E-state index in [4.69, 9.17) is 15.6 Å². The molecule has 1 heterocycles. The molecule has 0 aromatic carbocycles. The first-order valence-electron chi connectivity index (χ1n) is 4.25. The van der Waals surface area contributed by atoms with E-state index < -0.39 is 5.91 Å². The lowest BCUT2D eigenvalue weighted by atomic mass is 10.3. The fourth-order valence-corrected chi connectivity index (χ4v) is 0.938. The molecule has 1 rings (SSSR count). The van der Waals surface area contributed by atoms with Gasteiger partial charge in [-0.1, -0.05) is 0 Å². The summed E-state index contributed by atoms with van der Waals surface area (Å²) in [5.41, 5.74) is 5.43. The summed E-state index contributed by atoms with van der Waals surface area (Å²) < 4.78 is 6.60. The molecular formula is C8H13N3O3. The predicted molar refractivity (Wildman–Crippen MR) is 48.6 cm³/mol. The number of primary amides is 1. The molecule has 0 saturated heterocycles. The first-order valence-corrected chi connectivity index (χ1v) is 4.25. The lowest BCUT2D eigenvalue weighted by Gasteiger charge is -2.01. The third-order valence-corrected chi connectivity index (χ3v) is 1.62. The second-order valence-electron chi connectivity index (χ2n) is 2.69. The van der Waals surface area contributed by atoms with Gasteiger partial charge in [-0.2, -0.15) is 5.10 Å². The summed E-state index contributed by atoms with van der Waals surface area (Å²) in [6, 6.07) is 0. The molecule has 0 aliphatic heterocycles. The van der Waals surface area contributed by atoms with E-state index in [-0.39, 0.29) is 6.61 Å². The number of carbonyl (C=O) groups excluding carboxylic acids is 1. The number of carbonyl (C=O) groups is 1. The minimum Gasteiger partial charge on any atom is -0.394 e. The summed E-state index contributed by atoms with van der Waals surface area (Å²) in [5, 5.41) is 12.3. The lowest BCUT2D eigenvalue weighted by Crippen LogP contribution is -2.11. The highest BCUT2D eigenvalue weighted by Gasteiger charge is 2.02. The molecule has 0 fully saturated rings. The fourth-order valence-electron chi connectivity index (χ4n) is 0.938. The molecule has 0 bridgehead atoms. The second kappa shape index (κ2) is 5.36. The minimum atomic E-state index is -0.493. The Labute approximate surface area is 81.3 Å². The van der Waals surface area contributed by atoms with Gasteiger partial charge in [0.2, 0.25) is 0 Å². The molecule has 6 nitrogen and oxygen atoms in total. The average molecular weight is 199 g/mol. The van der Waals surface area contributed by atoms with Crippen LogP contribution < -0.4 is 5.73 Å². The van der Waals surface area contributed by atoms with Crippen LogP contribution >= 0.6 is 0 Å². The molecule has 78 valence electrons. The molecule has 14 heavy (non-hydrogen) atoms. The average Bonchev–Trinajstić information content (AvgIpc) is 2.61. The molecule has 3 N–H and O–H groups in total. The van der Waals surface area contributed by atoms with E-state index in [1.54, 1.807) is 10.9 Å². The monoisotopic (exact) mass is 199 g/mol. The Bertz CT molecular complexity index is 298. The number of nitrogens with two attached hydrogens (primary N) is 1. The van der Waals surface area contributed by atoms with E-state index in [0.717, 1.165) is 0 Å². The van der Waals surface area contributed by atoms with Gasteiger partial charge in [0, 0.05) is 6.20 Å². The Balaban J connectivity index is 2.33. The van der Waals surface area contributed by atoms with Crippen LogP contribution in [0, 0.1) is 0 Å². The van der Waals surface area contributed by atoms with Gasteiger partial charge in [-0.15, -0.1) is 0 Å². The van der Waals surface area contributed by atoms with E-state index in [1.165, 1.54) is 6.20 Å². The van der Waals surface area contributed by atoms with Crippen molar-refractivity contribution < 1.29 is 14.6 Å². The topological polar surface area (TPSA) is 90.4 Å². The number of amides is 1. The van der Waals surface area contributed by atoms with Crippen LogP contribution in [0.2, 0.25) is 0 Å². The van der Waals surface area contributed by atoms with Crippen LogP contribution in [0.1, 0.15) is 10.4 Å². The van der Waals surface area contributed by atoms with E-state index in [1.807, 2.05) is 0 Å². The molecule has 1 aromatic rings. The Morgan fingerprint density at radius 1 is 1.64 bits per heavy atom. The molecule has 6 heteroatoms. The van der Waals surface area contributed by atoms with Crippen LogP contribution in [-0.4, -0.2) is 40.6 Å². The summed E-state index contributed by atoms with van der Waals surface area (Å²) in [6.07, 6.45) is 2.97. The molecule has 0 aliphatic rings. The number of hydrogen-bond donors (Lipinski definition) is 2. The second-order valence-corrected chi connectivity index (χ2v) is 2.69. The van der Waals surface area contributed by atoms with Crippen LogP contribution in [0.25, 0.3) is 0 Å². The van der Waals surface area contributed by atoms with Gasteiger partial charge in [0.15, 0.2) is 0 Å². The van der Waals surface area contributed by atoms with Gasteiger partial charge in [-0.25, -0.2) is 0 Å². The lowest BCUT2D eigenvalue weighted by molar-refractivity contribution is 0.0853. The van der Waals surface area contributed by atoms with Crippen LogP contribution in [0.3, 0.4) is 0 Å². The van der Waals surface area contributed by atoms with Crippen molar-refractivity contribution in [2.75, 3.05) is 19.8 Å². The molecule has 0 saturated carbocycles. The van der Waals surface area contributed by atoms with Crippen molar-refractivity contribution in [2.24, 2.45) is 5.73 Å². The maximum atomic E-state index is 10.7. The number of aliphatic hydroxyl groups is 1. The molecule has 0 spiro atoms. The smallest absolute Gasteiger partial charge is 0.251 e. The Morgan fingerprint density at radius 2 is 2.43 bits per heavy atom. The van der Waals surface area contributed by atoms with Crippen molar-refractivity contribution in [1.82, 2.24) is 9.78 Å². The third-order valence-electron chi connectivity index (χ3n) is 1.62. The Kier molecular flexibility index (Phi) is 4.09. The normalized spacial score (nSPS) is 10.4. The first-order chi connectivity index (χ1) is 6.74. The van der Waals surface area contributed by atoms with Crippen LogP contribution in [0.5, 0.6) is 0 Å². The Hall–Kier alpha value is -1.40. The van der Waals surface area contributed by atoms with E-state index in [0.29, 0.717) is 25.3 Å². The van der Waals surface area contributed by atoms with Crippen molar-refractivity contribution >= 4 is 5.91 Å². The van der Waals surface area contributed by atoms with E-state index in [2.05, 4.69) is 5.10 Å². The van der Waals surface area contributed by atoms with Gasteiger partial charge < -0.3 is 15.6 Å². The van der Waals surface area contributed by atoms with Crippen molar-refractivity contribution in [2.45, 2.75) is 6.54 Å². The number of rotatable bonds is 6. The molecule has 1 amide bonds.